The Morgan fingerprint density at radius 3 is 2.65 bits per heavy atom. The average molecular weight is 255 g/mol. The molecule has 0 amide bonds. The van der Waals surface area contributed by atoms with Gasteiger partial charge in [-0.2, -0.15) is 0 Å². The number of aromatic nitrogens is 2. The largest absolute Gasteiger partial charge is 0.313 e. The zero-order valence-electron chi connectivity index (χ0n) is 10.2. The molecule has 5 nitrogen and oxygen atoms in total. The number of aryl methyl sites for hydroxylation is 2. The van der Waals surface area contributed by atoms with Crippen LogP contribution < -0.4 is 5.32 Å². The Hall–Kier alpha value is -1.01. The fourth-order valence-corrected chi connectivity index (χ4v) is 3.32. The van der Waals surface area contributed by atoms with Crippen LogP contribution in [0.25, 0.3) is 0 Å². The van der Waals surface area contributed by atoms with Crippen LogP contribution in [0.5, 0.6) is 0 Å². The minimum Gasteiger partial charge on any atom is -0.313 e. The second kappa shape index (κ2) is 4.70. The molecule has 1 aromatic heterocycles. The molecule has 17 heavy (non-hydrogen) atoms. The van der Waals surface area contributed by atoms with Crippen molar-refractivity contribution >= 4 is 9.84 Å². The van der Waals surface area contributed by atoms with Crippen molar-refractivity contribution in [1.29, 1.82) is 0 Å². The van der Waals surface area contributed by atoms with Crippen molar-refractivity contribution in [3.8, 4) is 0 Å². The van der Waals surface area contributed by atoms with Gasteiger partial charge in [0.15, 0.2) is 9.84 Å². The van der Waals surface area contributed by atoms with E-state index in [-0.39, 0.29) is 11.5 Å². The van der Waals surface area contributed by atoms with Crippen LogP contribution in [-0.2, 0) is 29.2 Å². The van der Waals surface area contributed by atoms with Crippen molar-refractivity contribution in [2.75, 3.05) is 18.6 Å². The van der Waals surface area contributed by atoms with Gasteiger partial charge >= 0.3 is 0 Å². The lowest BCUT2D eigenvalue weighted by Gasteiger charge is -2.09. The van der Waals surface area contributed by atoms with Crippen LogP contribution in [0, 0.1) is 6.92 Å². The van der Waals surface area contributed by atoms with Crippen molar-refractivity contribution in [3.63, 3.8) is 0 Å². The Morgan fingerprint density at radius 2 is 1.94 bits per heavy atom. The number of sulfone groups is 1. The molecule has 0 aliphatic carbocycles. The lowest BCUT2D eigenvalue weighted by Crippen LogP contribution is -2.13. The molecular formula is C11H17N3O2S. The Labute approximate surface area is 102 Å². The summed E-state index contributed by atoms with van der Waals surface area (Å²) in [7, 11) is -1.07. The van der Waals surface area contributed by atoms with Gasteiger partial charge in [0.2, 0.25) is 0 Å². The summed E-state index contributed by atoms with van der Waals surface area (Å²) < 4.78 is 23.2. The van der Waals surface area contributed by atoms with Crippen LogP contribution >= 0.6 is 0 Å². The summed E-state index contributed by atoms with van der Waals surface area (Å²) in [5, 5.41) is 3.01. The number of nitrogens with one attached hydrogen (secondary N) is 1. The van der Waals surface area contributed by atoms with E-state index >= 15 is 0 Å². The fraction of sp³-hybridized carbons (Fsp3) is 0.636. The van der Waals surface area contributed by atoms with Crippen molar-refractivity contribution in [2.24, 2.45) is 0 Å². The number of fused-ring (bicyclic) bond motifs is 1. The molecule has 0 saturated carbocycles. The molecule has 1 aliphatic heterocycles. The van der Waals surface area contributed by atoms with Crippen molar-refractivity contribution in [2.45, 2.75) is 26.3 Å². The van der Waals surface area contributed by atoms with E-state index in [0.29, 0.717) is 19.4 Å². The molecule has 0 spiro atoms. The third kappa shape index (κ3) is 2.81. The average Bonchev–Trinajstić information content (AvgIpc) is 2.39. The van der Waals surface area contributed by atoms with Crippen molar-refractivity contribution in [3.05, 3.63) is 22.8 Å². The second-order valence-corrected chi connectivity index (χ2v) is 6.64. The first-order chi connectivity index (χ1) is 8.02. The lowest BCUT2D eigenvalue weighted by molar-refractivity contribution is 0.596. The molecule has 0 aromatic carbocycles. The Kier molecular flexibility index (Phi) is 3.44. The molecule has 0 fully saturated rings. The summed E-state index contributed by atoms with van der Waals surface area (Å²) in [6.07, 6.45) is 1.06. The number of hydrogen-bond donors (Lipinski definition) is 1. The molecule has 1 N–H and O–H groups in total. The van der Waals surface area contributed by atoms with E-state index < -0.39 is 9.84 Å². The SMILES string of the molecule is CNCc1nc(C)c2c(n1)CCS(=O)(=O)CC2. The van der Waals surface area contributed by atoms with E-state index in [4.69, 9.17) is 0 Å². The molecule has 2 heterocycles. The second-order valence-electron chi connectivity index (χ2n) is 4.33. The highest BCUT2D eigenvalue weighted by Gasteiger charge is 2.21. The summed E-state index contributed by atoms with van der Waals surface area (Å²) in [5.41, 5.74) is 2.84. The van der Waals surface area contributed by atoms with Crippen LogP contribution in [0.2, 0.25) is 0 Å². The van der Waals surface area contributed by atoms with Gasteiger partial charge in [0.05, 0.1) is 18.1 Å². The maximum absolute atomic E-state index is 11.6. The highest BCUT2D eigenvalue weighted by molar-refractivity contribution is 7.91. The van der Waals surface area contributed by atoms with E-state index in [1.165, 1.54) is 0 Å². The monoisotopic (exact) mass is 255 g/mol. The molecule has 0 radical (unpaired) electrons. The molecule has 0 saturated heterocycles. The predicted octanol–water partition coefficient (Wildman–Crippen LogP) is 0.0178. The summed E-state index contributed by atoms with van der Waals surface area (Å²) in [6.45, 7) is 2.54. The number of nitrogens with zero attached hydrogens (tertiary/aromatic N) is 2. The highest BCUT2D eigenvalue weighted by Crippen LogP contribution is 2.18. The smallest absolute Gasteiger partial charge is 0.151 e. The standard InChI is InChI=1S/C11H17N3O2S/c1-8-9-3-5-17(15,16)6-4-10(9)14-11(13-8)7-12-2/h12H,3-7H2,1-2H3. The van der Waals surface area contributed by atoms with Crippen LogP contribution in [-0.4, -0.2) is 36.9 Å². The van der Waals surface area contributed by atoms with E-state index in [2.05, 4.69) is 15.3 Å². The molecule has 2 rings (SSSR count). The minimum atomic E-state index is -2.91. The summed E-state index contributed by atoms with van der Waals surface area (Å²) >= 11 is 0. The minimum absolute atomic E-state index is 0.204. The van der Waals surface area contributed by atoms with Crippen LogP contribution in [0.15, 0.2) is 0 Å². The van der Waals surface area contributed by atoms with Crippen LogP contribution in [0.1, 0.15) is 22.8 Å². The van der Waals surface area contributed by atoms with E-state index in [9.17, 15) is 8.42 Å². The van der Waals surface area contributed by atoms with Gasteiger partial charge in [-0.3, -0.25) is 0 Å². The highest BCUT2D eigenvalue weighted by atomic mass is 32.2. The van der Waals surface area contributed by atoms with Crippen LogP contribution in [0.4, 0.5) is 0 Å². The summed E-state index contributed by atoms with van der Waals surface area (Å²) in [6, 6.07) is 0. The Morgan fingerprint density at radius 1 is 1.24 bits per heavy atom. The van der Waals surface area contributed by atoms with Crippen molar-refractivity contribution in [1.82, 2.24) is 15.3 Å². The third-order valence-electron chi connectivity index (χ3n) is 2.99. The molecule has 0 unspecified atom stereocenters. The maximum atomic E-state index is 11.6. The molecule has 6 heteroatoms. The summed E-state index contributed by atoms with van der Waals surface area (Å²) in [5.74, 6) is 1.16. The van der Waals surface area contributed by atoms with Crippen molar-refractivity contribution < 1.29 is 8.42 Å². The lowest BCUT2D eigenvalue weighted by atomic mass is 10.1. The number of hydrogen-bond acceptors (Lipinski definition) is 5. The summed E-state index contributed by atoms with van der Waals surface area (Å²) in [4.78, 5) is 8.85. The van der Waals surface area contributed by atoms with Gasteiger partial charge in [0, 0.05) is 17.8 Å². The van der Waals surface area contributed by atoms with Gasteiger partial charge in [-0.05, 0) is 26.0 Å². The normalized spacial score (nSPS) is 18.5. The van der Waals surface area contributed by atoms with Gasteiger partial charge in [-0.15, -0.1) is 0 Å². The maximum Gasteiger partial charge on any atom is 0.151 e. The molecule has 0 atom stereocenters. The third-order valence-corrected chi connectivity index (χ3v) is 4.65. The fourth-order valence-electron chi connectivity index (χ4n) is 2.10. The quantitative estimate of drug-likeness (QED) is 0.806. The first kappa shape index (κ1) is 12.4. The Balaban J connectivity index is 2.39. The van der Waals surface area contributed by atoms with Crippen LogP contribution in [0.3, 0.4) is 0 Å². The predicted molar refractivity (Wildman–Crippen MR) is 65.6 cm³/mol. The van der Waals surface area contributed by atoms with Gasteiger partial charge in [0.25, 0.3) is 0 Å². The molecular weight excluding hydrogens is 238 g/mol. The topological polar surface area (TPSA) is 72.0 Å². The van der Waals surface area contributed by atoms with Gasteiger partial charge in [0.1, 0.15) is 5.82 Å². The zero-order chi connectivity index (χ0) is 12.5. The number of rotatable bonds is 2. The van der Waals surface area contributed by atoms with E-state index in [1.54, 1.807) is 0 Å². The zero-order valence-corrected chi connectivity index (χ0v) is 11.0. The van der Waals surface area contributed by atoms with Gasteiger partial charge in [-0.25, -0.2) is 18.4 Å². The van der Waals surface area contributed by atoms with Gasteiger partial charge < -0.3 is 5.32 Å². The first-order valence-corrected chi connectivity index (χ1v) is 7.54. The first-order valence-electron chi connectivity index (χ1n) is 5.72. The van der Waals surface area contributed by atoms with E-state index in [1.807, 2.05) is 14.0 Å². The molecule has 1 aromatic rings. The van der Waals surface area contributed by atoms with Gasteiger partial charge in [-0.1, -0.05) is 0 Å². The van der Waals surface area contributed by atoms with E-state index in [0.717, 1.165) is 22.8 Å². The molecule has 94 valence electrons. The molecule has 0 bridgehead atoms. The Bertz CT molecular complexity index is 526. The molecule has 1 aliphatic rings.